The first-order valence-corrected chi connectivity index (χ1v) is 5.53. The van der Waals surface area contributed by atoms with E-state index in [0.29, 0.717) is 0 Å². The minimum Gasteiger partial charge on any atom is -0.462 e. The molecule has 1 heterocycles. The van der Waals surface area contributed by atoms with Crippen LogP contribution in [0.2, 0.25) is 0 Å². The molecule has 0 N–H and O–H groups in total. The minimum atomic E-state index is -1.01. The number of esters is 1. The van der Waals surface area contributed by atoms with Crippen LogP contribution in [0.4, 0.5) is 4.39 Å². The Morgan fingerprint density at radius 3 is 2.80 bits per heavy atom. The van der Waals surface area contributed by atoms with Crippen LogP contribution < -0.4 is 0 Å². The summed E-state index contributed by atoms with van der Waals surface area (Å²) in [4.78, 5) is 11.2. The number of carbonyl (C=O) groups is 1. The van der Waals surface area contributed by atoms with E-state index >= 15 is 0 Å². The van der Waals surface area contributed by atoms with E-state index in [4.69, 9.17) is 21.1 Å². The van der Waals surface area contributed by atoms with Crippen LogP contribution in [0.3, 0.4) is 0 Å². The first kappa shape index (κ1) is 12.7. The molecule has 0 bridgehead atoms. The molecule has 5 heteroatoms. The molecule has 0 aromatic heterocycles. The van der Waals surface area contributed by atoms with Crippen molar-refractivity contribution in [3.63, 3.8) is 0 Å². The monoisotopic (exact) mass is 238 g/mol. The number of ether oxygens (including phenoxy) is 2. The van der Waals surface area contributed by atoms with Crippen LogP contribution in [0.15, 0.2) is 0 Å². The normalized spacial score (nSPS) is 30.9. The van der Waals surface area contributed by atoms with Gasteiger partial charge in [0.1, 0.15) is 18.4 Å². The standard InChI is InChI=1S/C10H16ClFO3/c1-7(2)9(13)14-6-10(5-11)3-8(12)4-15-10/h7-8H,3-6H2,1-2H3/t8-,10-/m1/s1. The van der Waals surface area contributed by atoms with E-state index in [0.717, 1.165) is 0 Å². The summed E-state index contributed by atoms with van der Waals surface area (Å²) in [7, 11) is 0. The van der Waals surface area contributed by atoms with Crippen molar-refractivity contribution in [1.29, 1.82) is 0 Å². The molecule has 0 unspecified atom stereocenters. The molecule has 0 radical (unpaired) electrons. The fourth-order valence-corrected chi connectivity index (χ4v) is 1.65. The number of hydrogen-bond acceptors (Lipinski definition) is 3. The Labute approximate surface area is 93.9 Å². The van der Waals surface area contributed by atoms with Gasteiger partial charge in [0.05, 0.1) is 18.4 Å². The molecule has 3 nitrogen and oxygen atoms in total. The molecule has 0 aromatic carbocycles. The van der Waals surface area contributed by atoms with Crippen molar-refractivity contribution >= 4 is 17.6 Å². The summed E-state index contributed by atoms with van der Waals surface area (Å²) in [5, 5.41) is 0. The van der Waals surface area contributed by atoms with Gasteiger partial charge in [-0.05, 0) is 0 Å². The molecule has 2 atom stereocenters. The van der Waals surface area contributed by atoms with Crippen molar-refractivity contribution < 1.29 is 18.7 Å². The van der Waals surface area contributed by atoms with Crippen molar-refractivity contribution in [3.8, 4) is 0 Å². The summed E-state index contributed by atoms with van der Waals surface area (Å²) in [6.07, 6.45) is -0.816. The van der Waals surface area contributed by atoms with Crippen molar-refractivity contribution in [2.75, 3.05) is 19.1 Å². The maximum atomic E-state index is 13.0. The quantitative estimate of drug-likeness (QED) is 0.555. The highest BCUT2D eigenvalue weighted by Gasteiger charge is 2.41. The average molecular weight is 239 g/mol. The van der Waals surface area contributed by atoms with E-state index in [-0.39, 0.29) is 37.4 Å². The lowest BCUT2D eigenvalue weighted by Gasteiger charge is -2.25. The fraction of sp³-hybridized carbons (Fsp3) is 0.900. The molecule has 1 fully saturated rings. The highest BCUT2D eigenvalue weighted by Crippen LogP contribution is 2.29. The fourth-order valence-electron chi connectivity index (χ4n) is 1.39. The van der Waals surface area contributed by atoms with Crippen LogP contribution in [0.25, 0.3) is 0 Å². The van der Waals surface area contributed by atoms with Gasteiger partial charge in [0.15, 0.2) is 0 Å². The van der Waals surface area contributed by atoms with Gasteiger partial charge in [0.25, 0.3) is 0 Å². The molecule has 0 aliphatic carbocycles. The Morgan fingerprint density at radius 1 is 1.73 bits per heavy atom. The van der Waals surface area contributed by atoms with E-state index in [1.807, 2.05) is 0 Å². The summed E-state index contributed by atoms with van der Waals surface area (Å²) in [5.74, 6) is -0.371. The van der Waals surface area contributed by atoms with E-state index in [1.54, 1.807) is 13.8 Å². The number of halogens is 2. The number of rotatable bonds is 4. The maximum absolute atomic E-state index is 13.0. The molecule has 15 heavy (non-hydrogen) atoms. The van der Waals surface area contributed by atoms with Gasteiger partial charge in [0, 0.05) is 6.42 Å². The second-order valence-corrected chi connectivity index (χ2v) is 4.46. The van der Waals surface area contributed by atoms with Crippen molar-refractivity contribution in [3.05, 3.63) is 0 Å². The molecule has 1 rings (SSSR count). The Kier molecular flexibility index (Phi) is 4.34. The van der Waals surface area contributed by atoms with E-state index < -0.39 is 11.8 Å². The van der Waals surface area contributed by atoms with Crippen LogP contribution in [-0.4, -0.2) is 36.8 Å². The van der Waals surface area contributed by atoms with Crippen LogP contribution in [0.5, 0.6) is 0 Å². The summed E-state index contributed by atoms with van der Waals surface area (Å²) in [5.41, 5.74) is -0.828. The third-order valence-corrected chi connectivity index (χ3v) is 2.84. The topological polar surface area (TPSA) is 35.5 Å². The maximum Gasteiger partial charge on any atom is 0.308 e. The highest BCUT2D eigenvalue weighted by atomic mass is 35.5. The molecule has 88 valence electrons. The minimum absolute atomic E-state index is 0.0337. The molecule has 0 aromatic rings. The average Bonchev–Trinajstić information content (AvgIpc) is 2.57. The lowest BCUT2D eigenvalue weighted by molar-refractivity contribution is -0.154. The Morgan fingerprint density at radius 2 is 2.40 bits per heavy atom. The van der Waals surface area contributed by atoms with Crippen LogP contribution in [-0.2, 0) is 14.3 Å². The number of hydrogen-bond donors (Lipinski definition) is 0. The second kappa shape index (κ2) is 5.12. The van der Waals surface area contributed by atoms with Crippen molar-refractivity contribution in [2.45, 2.75) is 32.0 Å². The first-order valence-electron chi connectivity index (χ1n) is 5.00. The summed E-state index contributed by atoms with van der Waals surface area (Å²) < 4.78 is 23.2. The molecule has 0 saturated carbocycles. The molecule has 0 spiro atoms. The lowest BCUT2D eigenvalue weighted by Crippen LogP contribution is -2.37. The summed E-state index contributed by atoms with van der Waals surface area (Å²) in [6.45, 7) is 3.55. The van der Waals surface area contributed by atoms with Gasteiger partial charge in [0.2, 0.25) is 0 Å². The van der Waals surface area contributed by atoms with Gasteiger partial charge in [-0.25, -0.2) is 4.39 Å². The van der Waals surface area contributed by atoms with Gasteiger partial charge in [-0.2, -0.15) is 0 Å². The van der Waals surface area contributed by atoms with E-state index in [2.05, 4.69) is 0 Å². The molecular formula is C10H16ClFO3. The van der Waals surface area contributed by atoms with Crippen molar-refractivity contribution in [1.82, 2.24) is 0 Å². The van der Waals surface area contributed by atoms with Gasteiger partial charge < -0.3 is 9.47 Å². The zero-order valence-electron chi connectivity index (χ0n) is 8.96. The molecular weight excluding hydrogens is 223 g/mol. The van der Waals surface area contributed by atoms with Gasteiger partial charge in [-0.3, -0.25) is 4.79 Å². The molecule has 1 saturated heterocycles. The first-order chi connectivity index (χ1) is 6.99. The predicted octanol–water partition coefficient (Wildman–Crippen LogP) is 1.92. The highest BCUT2D eigenvalue weighted by molar-refractivity contribution is 6.18. The smallest absolute Gasteiger partial charge is 0.308 e. The van der Waals surface area contributed by atoms with E-state index in [1.165, 1.54) is 0 Å². The SMILES string of the molecule is CC(C)C(=O)OC[C@]1(CCl)C[C@@H](F)CO1. The second-order valence-electron chi connectivity index (χ2n) is 4.19. The largest absolute Gasteiger partial charge is 0.462 e. The van der Waals surface area contributed by atoms with Crippen molar-refractivity contribution in [2.24, 2.45) is 5.92 Å². The summed E-state index contributed by atoms with van der Waals surface area (Å²) in [6, 6.07) is 0. The van der Waals surface area contributed by atoms with Gasteiger partial charge >= 0.3 is 5.97 Å². The molecule has 1 aliphatic heterocycles. The van der Waals surface area contributed by atoms with Crippen LogP contribution >= 0.6 is 11.6 Å². The zero-order valence-corrected chi connectivity index (χ0v) is 9.72. The van der Waals surface area contributed by atoms with Crippen LogP contribution in [0, 0.1) is 5.92 Å². The predicted molar refractivity (Wildman–Crippen MR) is 54.7 cm³/mol. The Balaban J connectivity index is 2.44. The Bertz CT molecular complexity index is 235. The zero-order chi connectivity index (χ0) is 11.5. The lowest BCUT2D eigenvalue weighted by atomic mass is 10.0. The Hall–Kier alpha value is -0.350. The third-order valence-electron chi connectivity index (χ3n) is 2.36. The number of alkyl halides is 2. The van der Waals surface area contributed by atoms with Crippen LogP contribution in [0.1, 0.15) is 20.3 Å². The van der Waals surface area contributed by atoms with Gasteiger partial charge in [-0.15, -0.1) is 11.6 Å². The third kappa shape index (κ3) is 3.31. The van der Waals surface area contributed by atoms with E-state index in [9.17, 15) is 9.18 Å². The summed E-state index contributed by atoms with van der Waals surface area (Å²) >= 11 is 5.71. The van der Waals surface area contributed by atoms with Gasteiger partial charge in [-0.1, -0.05) is 13.8 Å². The number of carbonyl (C=O) groups excluding carboxylic acids is 1. The molecule has 0 amide bonds. The molecule has 1 aliphatic rings.